The number of carbonyl (C=O) groups is 4. The van der Waals surface area contributed by atoms with Gasteiger partial charge in [-0.3, -0.25) is 24.5 Å². The van der Waals surface area contributed by atoms with E-state index in [2.05, 4.69) is 25.8 Å². The predicted molar refractivity (Wildman–Crippen MR) is 204 cm³/mol. The van der Waals surface area contributed by atoms with Crippen molar-refractivity contribution in [2.45, 2.75) is 88.6 Å². The molecule has 0 saturated carbocycles. The highest BCUT2D eigenvalue weighted by Gasteiger charge is 2.37. The van der Waals surface area contributed by atoms with Gasteiger partial charge >= 0.3 is 6.18 Å². The molecule has 1 unspecified atom stereocenters. The molecule has 0 aliphatic carbocycles. The SMILES string of the molecule is CC(C)Oc1cc2nc(C3CCN(C(=O)CC4(O)CCN(c5ccc(NC6CCC(=O)NC6=O)cc5)CC4)CC3)cn2cc1C(=O)Nc1cccc(C(F)(F)F)n1. The van der Waals surface area contributed by atoms with E-state index in [-0.39, 0.29) is 53.3 Å². The van der Waals surface area contributed by atoms with Crippen molar-refractivity contribution in [3.8, 4) is 5.75 Å². The molecule has 3 fully saturated rings. The second kappa shape index (κ2) is 16.0. The van der Waals surface area contributed by atoms with E-state index < -0.39 is 29.4 Å². The predicted octanol–water partition coefficient (Wildman–Crippen LogP) is 5.13. The van der Waals surface area contributed by atoms with Crippen molar-refractivity contribution in [1.29, 1.82) is 0 Å². The van der Waals surface area contributed by atoms with Gasteiger partial charge in [-0.25, -0.2) is 9.97 Å². The molecule has 3 aliphatic rings. The van der Waals surface area contributed by atoms with Crippen molar-refractivity contribution in [2.24, 2.45) is 0 Å². The van der Waals surface area contributed by atoms with Gasteiger partial charge in [0.05, 0.1) is 29.4 Å². The maximum atomic E-state index is 13.4. The molecule has 3 aromatic heterocycles. The van der Waals surface area contributed by atoms with Crippen LogP contribution in [0.2, 0.25) is 0 Å². The van der Waals surface area contributed by atoms with E-state index >= 15 is 0 Å². The summed E-state index contributed by atoms with van der Waals surface area (Å²) in [7, 11) is 0. The molecule has 1 aromatic carbocycles. The third-order valence-corrected chi connectivity index (χ3v) is 10.7. The van der Waals surface area contributed by atoms with Crippen molar-refractivity contribution in [2.75, 3.05) is 41.7 Å². The van der Waals surface area contributed by atoms with E-state index in [1.165, 1.54) is 18.3 Å². The Morgan fingerprint density at radius 2 is 1.72 bits per heavy atom. The Morgan fingerprint density at radius 3 is 2.39 bits per heavy atom. The fraction of sp³-hybridized carbons (Fsp3) is 0.450. The lowest BCUT2D eigenvalue weighted by Gasteiger charge is -2.40. The highest BCUT2D eigenvalue weighted by atomic mass is 19.4. The fourth-order valence-electron chi connectivity index (χ4n) is 7.58. The number of rotatable bonds is 10. The number of likely N-dealkylation sites (tertiary alicyclic amines) is 1. The summed E-state index contributed by atoms with van der Waals surface area (Å²) in [6, 6.07) is 12.1. The van der Waals surface area contributed by atoms with Crippen LogP contribution in [0.3, 0.4) is 0 Å². The Hall–Kier alpha value is -5.71. The Bertz CT molecular complexity index is 2140. The van der Waals surface area contributed by atoms with Gasteiger partial charge in [-0.15, -0.1) is 0 Å². The normalized spacial score (nSPS) is 19.1. The summed E-state index contributed by atoms with van der Waals surface area (Å²) in [5.41, 5.74) is 0.913. The zero-order chi connectivity index (χ0) is 40.5. The van der Waals surface area contributed by atoms with Crippen LogP contribution in [-0.4, -0.2) is 91.9 Å². The summed E-state index contributed by atoms with van der Waals surface area (Å²) < 4.78 is 47.2. The standard InChI is InChI=1S/C40H45F3N8O6/c1-24(2)57-31-20-34-45-30(23-51(34)22-28(31)37(54)47-33-5-3-4-32(46-33)40(41,42)43)25-12-16-50(17-13-25)36(53)21-39(56)14-18-49(19-15-39)27-8-6-26(7-9-27)44-29-10-11-35(52)48-38(29)55/h3-9,20,22-25,29,44,56H,10-19,21H2,1-2H3,(H,46,47,54)(H,48,52,55). The first-order chi connectivity index (χ1) is 27.1. The number of hydrogen-bond donors (Lipinski definition) is 4. The average Bonchev–Trinajstić information content (AvgIpc) is 3.59. The van der Waals surface area contributed by atoms with E-state index in [0.717, 1.165) is 23.1 Å². The molecule has 4 N–H and O–H groups in total. The van der Waals surface area contributed by atoms with Gasteiger partial charge < -0.3 is 34.7 Å². The molecular formula is C40H45F3N8O6. The number of imide groups is 1. The monoisotopic (exact) mass is 790 g/mol. The molecule has 4 aromatic rings. The molecule has 4 amide bonds. The van der Waals surface area contributed by atoms with Crippen molar-refractivity contribution in [3.05, 3.63) is 77.9 Å². The largest absolute Gasteiger partial charge is 0.490 e. The second-order valence-electron chi connectivity index (χ2n) is 15.2. The van der Waals surface area contributed by atoms with E-state index in [9.17, 15) is 37.5 Å². The number of benzene rings is 1. The number of amides is 4. The molecule has 57 heavy (non-hydrogen) atoms. The van der Waals surface area contributed by atoms with Gasteiger partial charge in [-0.2, -0.15) is 13.2 Å². The molecule has 1 atom stereocenters. The van der Waals surface area contributed by atoms with Crippen LogP contribution in [-0.2, 0) is 20.6 Å². The smallest absolute Gasteiger partial charge is 0.433 e. The summed E-state index contributed by atoms with van der Waals surface area (Å²) in [5, 5.41) is 19.4. The third-order valence-electron chi connectivity index (χ3n) is 10.7. The number of halogens is 3. The van der Waals surface area contributed by atoms with E-state index in [1.54, 1.807) is 29.2 Å². The fourth-order valence-corrected chi connectivity index (χ4v) is 7.58. The molecule has 6 heterocycles. The van der Waals surface area contributed by atoms with Crippen molar-refractivity contribution in [1.82, 2.24) is 24.6 Å². The molecule has 3 saturated heterocycles. The highest BCUT2D eigenvalue weighted by Crippen LogP contribution is 2.34. The number of pyridine rings is 2. The molecule has 0 spiro atoms. The van der Waals surface area contributed by atoms with Gasteiger partial charge in [0.25, 0.3) is 5.91 Å². The zero-order valence-electron chi connectivity index (χ0n) is 31.6. The minimum absolute atomic E-state index is 0.0342. The minimum atomic E-state index is -4.67. The maximum absolute atomic E-state index is 13.4. The van der Waals surface area contributed by atoms with Crippen molar-refractivity contribution < 1.29 is 42.2 Å². The lowest BCUT2D eigenvalue weighted by molar-refractivity contribution is -0.141. The first-order valence-electron chi connectivity index (χ1n) is 19.1. The first kappa shape index (κ1) is 39.5. The van der Waals surface area contributed by atoms with Crippen molar-refractivity contribution in [3.63, 3.8) is 0 Å². The number of hydrogen-bond acceptors (Lipinski definition) is 10. The van der Waals surface area contributed by atoms with E-state index in [0.29, 0.717) is 70.4 Å². The number of ether oxygens (including phenoxy) is 1. The Balaban J connectivity index is 0.926. The zero-order valence-corrected chi connectivity index (χ0v) is 31.6. The summed E-state index contributed by atoms with van der Waals surface area (Å²) >= 11 is 0. The Labute approximate surface area is 326 Å². The van der Waals surface area contributed by atoms with Gasteiger partial charge in [-0.1, -0.05) is 6.07 Å². The number of piperidine rings is 3. The molecule has 14 nitrogen and oxygen atoms in total. The lowest BCUT2D eigenvalue weighted by Crippen LogP contribution is -2.48. The number of nitrogens with one attached hydrogen (secondary N) is 3. The molecule has 0 radical (unpaired) electrons. The van der Waals surface area contributed by atoms with Crippen LogP contribution in [0.1, 0.15) is 86.5 Å². The topological polar surface area (TPSA) is 170 Å². The Kier molecular flexibility index (Phi) is 11.1. The highest BCUT2D eigenvalue weighted by molar-refractivity contribution is 6.06. The summed E-state index contributed by atoms with van der Waals surface area (Å²) in [6.07, 6.45) is 1.33. The molecular weight excluding hydrogens is 745 g/mol. The number of aliphatic hydroxyl groups is 1. The van der Waals surface area contributed by atoms with E-state index in [4.69, 9.17) is 9.72 Å². The van der Waals surface area contributed by atoms with Crippen LogP contribution >= 0.6 is 0 Å². The van der Waals surface area contributed by atoms with Crippen LogP contribution in [0, 0.1) is 0 Å². The number of imidazole rings is 1. The molecule has 302 valence electrons. The quantitative estimate of drug-likeness (QED) is 0.158. The van der Waals surface area contributed by atoms with Gasteiger partial charge in [0, 0.05) is 68.4 Å². The minimum Gasteiger partial charge on any atom is -0.490 e. The number of alkyl halides is 3. The number of fused-ring (bicyclic) bond motifs is 1. The second-order valence-corrected chi connectivity index (χ2v) is 15.2. The van der Waals surface area contributed by atoms with Gasteiger partial charge in [0.1, 0.15) is 29.0 Å². The Morgan fingerprint density at radius 1 is 1.00 bits per heavy atom. The van der Waals surface area contributed by atoms with E-state index in [1.807, 2.05) is 30.5 Å². The van der Waals surface area contributed by atoms with Crippen LogP contribution in [0.15, 0.2) is 60.9 Å². The molecule has 7 rings (SSSR count). The average molecular weight is 791 g/mol. The molecule has 3 aliphatic heterocycles. The lowest BCUT2D eigenvalue weighted by atomic mass is 9.86. The van der Waals surface area contributed by atoms with Gasteiger partial charge in [0.15, 0.2) is 0 Å². The number of anilines is 3. The van der Waals surface area contributed by atoms with Crippen molar-refractivity contribution >= 4 is 46.5 Å². The third kappa shape index (κ3) is 9.30. The van der Waals surface area contributed by atoms with Crippen LogP contribution in [0.4, 0.5) is 30.4 Å². The summed E-state index contributed by atoms with van der Waals surface area (Å²) in [5.74, 6) is -1.37. The number of nitrogens with zero attached hydrogens (tertiary/aromatic N) is 5. The van der Waals surface area contributed by atoms with Crippen LogP contribution < -0.4 is 25.6 Å². The first-order valence-corrected chi connectivity index (χ1v) is 19.1. The summed E-state index contributed by atoms with van der Waals surface area (Å²) in [6.45, 7) is 5.74. The van der Waals surface area contributed by atoms with Crippen LogP contribution in [0.5, 0.6) is 5.75 Å². The number of aromatic nitrogens is 3. The van der Waals surface area contributed by atoms with Gasteiger partial charge in [0.2, 0.25) is 17.7 Å². The van der Waals surface area contributed by atoms with Crippen LogP contribution in [0.25, 0.3) is 5.65 Å². The van der Waals surface area contributed by atoms with Gasteiger partial charge in [-0.05, 0) is 82.3 Å². The number of carbonyl (C=O) groups excluding carboxylic acids is 4. The molecule has 0 bridgehead atoms. The maximum Gasteiger partial charge on any atom is 0.433 e. The molecule has 17 heteroatoms. The summed E-state index contributed by atoms with van der Waals surface area (Å²) in [4.78, 5) is 62.6.